The fraction of sp³-hybridized carbons (Fsp3) is 0.250. The van der Waals surface area contributed by atoms with Crippen molar-refractivity contribution in [2.45, 2.75) is 45.5 Å². The zero-order valence-corrected chi connectivity index (χ0v) is 20.5. The van der Waals surface area contributed by atoms with E-state index in [9.17, 15) is 14.4 Å². The minimum absolute atomic E-state index is 0.137. The Kier molecular flexibility index (Phi) is 9.05. The van der Waals surface area contributed by atoms with Gasteiger partial charge in [0.1, 0.15) is 18.0 Å². The van der Waals surface area contributed by atoms with E-state index in [2.05, 4.69) is 10.9 Å². The van der Waals surface area contributed by atoms with E-state index in [0.717, 1.165) is 11.1 Å². The van der Waals surface area contributed by atoms with Crippen LogP contribution >= 0.6 is 0 Å². The minimum atomic E-state index is -0.885. The van der Waals surface area contributed by atoms with Crippen LogP contribution < -0.4 is 15.6 Å². The number of esters is 1. The lowest BCUT2D eigenvalue weighted by molar-refractivity contribution is -0.153. The number of carbonyl (C=O) groups excluding carboxylic acids is 3. The molecule has 0 saturated carbocycles. The van der Waals surface area contributed by atoms with Crippen LogP contribution in [0.3, 0.4) is 0 Å². The summed E-state index contributed by atoms with van der Waals surface area (Å²) in [5.74, 6) is -0.633. The van der Waals surface area contributed by atoms with Gasteiger partial charge in [0.05, 0.1) is 0 Å². The lowest BCUT2D eigenvalue weighted by Gasteiger charge is -2.20. The Balaban J connectivity index is 1.62. The van der Waals surface area contributed by atoms with Crippen molar-refractivity contribution in [3.63, 3.8) is 0 Å². The lowest BCUT2D eigenvalue weighted by Crippen LogP contribution is -2.44. The second kappa shape index (κ2) is 12.4. The molecule has 3 rings (SSSR count). The SMILES string of the molecule is CC(C)(C)OC(=O)NNC(=O)c1ccc(O[C@@H](Cc2ccccc2)C(=O)OCc2ccccc2)cc1. The summed E-state index contributed by atoms with van der Waals surface area (Å²) < 4.78 is 16.5. The van der Waals surface area contributed by atoms with Crippen molar-refractivity contribution in [1.29, 1.82) is 0 Å². The number of rotatable bonds is 8. The van der Waals surface area contributed by atoms with Gasteiger partial charge >= 0.3 is 12.1 Å². The highest BCUT2D eigenvalue weighted by atomic mass is 16.6. The van der Waals surface area contributed by atoms with E-state index < -0.39 is 29.7 Å². The average Bonchev–Trinajstić information content (AvgIpc) is 2.86. The first kappa shape index (κ1) is 26.3. The monoisotopic (exact) mass is 490 g/mol. The maximum Gasteiger partial charge on any atom is 0.426 e. The predicted molar refractivity (Wildman–Crippen MR) is 134 cm³/mol. The molecule has 0 bridgehead atoms. The van der Waals surface area contributed by atoms with Crippen LogP contribution in [-0.2, 0) is 27.3 Å². The molecule has 0 radical (unpaired) electrons. The zero-order valence-electron chi connectivity index (χ0n) is 20.5. The van der Waals surface area contributed by atoms with Crippen molar-refractivity contribution in [3.05, 3.63) is 102 Å². The lowest BCUT2D eigenvalue weighted by atomic mass is 10.1. The van der Waals surface area contributed by atoms with E-state index >= 15 is 0 Å². The van der Waals surface area contributed by atoms with Crippen LogP contribution in [0, 0.1) is 0 Å². The largest absolute Gasteiger partial charge is 0.478 e. The first-order valence-corrected chi connectivity index (χ1v) is 11.5. The van der Waals surface area contributed by atoms with Crippen LogP contribution in [0.2, 0.25) is 0 Å². The fourth-order valence-corrected chi connectivity index (χ4v) is 3.16. The number of nitrogens with one attached hydrogen (secondary N) is 2. The Morgan fingerprint density at radius 3 is 1.94 bits per heavy atom. The molecule has 0 saturated heterocycles. The highest BCUT2D eigenvalue weighted by Gasteiger charge is 2.23. The zero-order chi connectivity index (χ0) is 26.0. The molecular weight excluding hydrogens is 460 g/mol. The van der Waals surface area contributed by atoms with Gasteiger partial charge in [-0.1, -0.05) is 60.7 Å². The number of amides is 2. The first-order chi connectivity index (χ1) is 17.2. The summed E-state index contributed by atoms with van der Waals surface area (Å²) in [6, 6.07) is 25.1. The van der Waals surface area contributed by atoms with Crippen molar-refractivity contribution in [2.75, 3.05) is 0 Å². The van der Waals surface area contributed by atoms with Crippen LogP contribution in [0.25, 0.3) is 0 Å². The topological polar surface area (TPSA) is 103 Å². The Bertz CT molecular complexity index is 1140. The Hall–Kier alpha value is -4.33. The van der Waals surface area contributed by atoms with Crippen molar-refractivity contribution in [1.82, 2.24) is 10.9 Å². The number of benzene rings is 3. The number of hydrogen-bond acceptors (Lipinski definition) is 6. The third-order valence-electron chi connectivity index (χ3n) is 4.82. The van der Waals surface area contributed by atoms with Gasteiger partial charge in [-0.2, -0.15) is 0 Å². The molecule has 0 aliphatic heterocycles. The first-order valence-electron chi connectivity index (χ1n) is 11.5. The van der Waals surface area contributed by atoms with E-state index in [1.807, 2.05) is 60.7 Å². The summed E-state index contributed by atoms with van der Waals surface area (Å²) >= 11 is 0. The van der Waals surface area contributed by atoms with Gasteiger partial charge in [-0.3, -0.25) is 10.2 Å². The normalized spacial score (nSPS) is 11.6. The van der Waals surface area contributed by atoms with E-state index in [-0.39, 0.29) is 12.2 Å². The molecule has 0 spiro atoms. The highest BCUT2D eigenvalue weighted by Crippen LogP contribution is 2.18. The summed E-state index contributed by atoms with van der Waals surface area (Å²) in [6.07, 6.45) is -1.34. The second-order valence-electron chi connectivity index (χ2n) is 8.99. The molecule has 0 aliphatic rings. The Morgan fingerprint density at radius 1 is 0.778 bits per heavy atom. The predicted octanol–water partition coefficient (Wildman–Crippen LogP) is 4.59. The van der Waals surface area contributed by atoms with E-state index in [4.69, 9.17) is 14.2 Å². The molecule has 3 aromatic carbocycles. The molecule has 0 fully saturated rings. The molecule has 0 aliphatic carbocycles. The van der Waals surface area contributed by atoms with Gasteiger partial charge in [-0.25, -0.2) is 15.0 Å². The van der Waals surface area contributed by atoms with Gasteiger partial charge in [0.2, 0.25) is 0 Å². The van der Waals surface area contributed by atoms with Crippen molar-refractivity contribution in [2.24, 2.45) is 0 Å². The molecule has 0 aromatic heterocycles. The van der Waals surface area contributed by atoms with Gasteiger partial charge in [-0.05, 0) is 56.2 Å². The molecule has 3 aromatic rings. The van der Waals surface area contributed by atoms with Crippen LogP contribution in [0.15, 0.2) is 84.9 Å². The fourth-order valence-electron chi connectivity index (χ4n) is 3.16. The Morgan fingerprint density at radius 2 is 1.36 bits per heavy atom. The molecule has 0 heterocycles. The van der Waals surface area contributed by atoms with Crippen LogP contribution in [0.1, 0.15) is 42.3 Å². The average molecular weight is 491 g/mol. The van der Waals surface area contributed by atoms with E-state index in [1.165, 1.54) is 12.1 Å². The molecule has 8 nitrogen and oxygen atoms in total. The number of carbonyl (C=O) groups is 3. The molecule has 36 heavy (non-hydrogen) atoms. The number of ether oxygens (including phenoxy) is 3. The second-order valence-corrected chi connectivity index (χ2v) is 8.99. The Labute approximate surface area is 210 Å². The quantitative estimate of drug-likeness (QED) is 0.354. The van der Waals surface area contributed by atoms with E-state index in [1.54, 1.807) is 32.9 Å². The van der Waals surface area contributed by atoms with Gasteiger partial charge in [-0.15, -0.1) is 0 Å². The highest BCUT2D eigenvalue weighted by molar-refractivity contribution is 5.95. The molecular formula is C28H30N2O6. The molecule has 2 N–H and O–H groups in total. The van der Waals surface area contributed by atoms with E-state index in [0.29, 0.717) is 12.2 Å². The third kappa shape index (κ3) is 8.79. The van der Waals surface area contributed by atoms with Gasteiger partial charge < -0.3 is 14.2 Å². The standard InChI is InChI=1S/C28H30N2O6/c1-28(2,3)36-27(33)30-29-25(31)22-14-16-23(17-15-22)35-24(18-20-10-6-4-7-11-20)26(32)34-19-21-12-8-5-9-13-21/h4-17,24H,18-19H2,1-3H3,(H,29,31)(H,30,33)/t24-/m0/s1. The summed E-state index contributed by atoms with van der Waals surface area (Å²) in [4.78, 5) is 36.9. The number of hydrazine groups is 1. The summed E-state index contributed by atoms with van der Waals surface area (Å²) in [6.45, 7) is 5.29. The van der Waals surface area contributed by atoms with Crippen LogP contribution in [0.4, 0.5) is 4.79 Å². The maximum absolute atomic E-state index is 12.9. The smallest absolute Gasteiger partial charge is 0.426 e. The van der Waals surface area contributed by atoms with Crippen molar-refractivity contribution < 1.29 is 28.6 Å². The minimum Gasteiger partial charge on any atom is -0.478 e. The van der Waals surface area contributed by atoms with Crippen LogP contribution in [-0.4, -0.2) is 29.7 Å². The number of hydrogen-bond donors (Lipinski definition) is 2. The van der Waals surface area contributed by atoms with Gasteiger partial charge in [0.15, 0.2) is 6.10 Å². The summed E-state index contributed by atoms with van der Waals surface area (Å²) in [5.41, 5.74) is 5.88. The molecule has 1 atom stereocenters. The summed E-state index contributed by atoms with van der Waals surface area (Å²) in [5, 5.41) is 0. The molecule has 188 valence electrons. The molecule has 2 amide bonds. The van der Waals surface area contributed by atoms with Gasteiger partial charge in [0, 0.05) is 12.0 Å². The van der Waals surface area contributed by atoms with Crippen molar-refractivity contribution in [3.8, 4) is 5.75 Å². The summed E-state index contributed by atoms with van der Waals surface area (Å²) in [7, 11) is 0. The third-order valence-corrected chi connectivity index (χ3v) is 4.82. The van der Waals surface area contributed by atoms with Gasteiger partial charge in [0.25, 0.3) is 5.91 Å². The van der Waals surface area contributed by atoms with Crippen molar-refractivity contribution >= 4 is 18.0 Å². The van der Waals surface area contributed by atoms with Crippen LogP contribution in [0.5, 0.6) is 5.75 Å². The molecule has 8 heteroatoms. The maximum atomic E-state index is 12.9. The molecule has 0 unspecified atom stereocenters.